The Bertz CT molecular complexity index is 754. The Morgan fingerprint density at radius 2 is 1.50 bits per heavy atom. The zero-order valence-electron chi connectivity index (χ0n) is 15.1. The first-order chi connectivity index (χ1) is 12.7. The van der Waals surface area contributed by atoms with Crippen molar-refractivity contribution in [3.8, 4) is 0 Å². The first kappa shape index (κ1) is 17.5. The van der Waals surface area contributed by atoms with Gasteiger partial charge in [-0.1, -0.05) is 25.0 Å². The molecular formula is C20H28N4O2. The van der Waals surface area contributed by atoms with Crippen molar-refractivity contribution in [3.63, 3.8) is 0 Å². The van der Waals surface area contributed by atoms with Crippen LogP contribution >= 0.6 is 0 Å². The van der Waals surface area contributed by atoms with Gasteiger partial charge in [0.15, 0.2) is 0 Å². The van der Waals surface area contributed by atoms with Crippen LogP contribution in [-0.2, 0) is 0 Å². The Morgan fingerprint density at radius 3 is 2.15 bits per heavy atom. The van der Waals surface area contributed by atoms with Gasteiger partial charge >= 0.3 is 0 Å². The van der Waals surface area contributed by atoms with Gasteiger partial charge in [-0.2, -0.15) is 4.98 Å². The van der Waals surface area contributed by atoms with Crippen LogP contribution in [0.2, 0.25) is 0 Å². The summed E-state index contributed by atoms with van der Waals surface area (Å²) in [5.41, 5.74) is 0.895. The Kier molecular flexibility index (Phi) is 5.22. The van der Waals surface area contributed by atoms with E-state index in [2.05, 4.69) is 20.6 Å². The number of para-hydroxylation sites is 1. The highest BCUT2D eigenvalue weighted by Crippen LogP contribution is 2.28. The van der Waals surface area contributed by atoms with E-state index in [0.717, 1.165) is 61.8 Å². The zero-order chi connectivity index (χ0) is 17.9. The Morgan fingerprint density at radius 1 is 0.846 bits per heavy atom. The maximum absolute atomic E-state index is 10.1. The second-order valence-corrected chi connectivity index (χ2v) is 7.69. The monoisotopic (exact) mass is 356 g/mol. The van der Waals surface area contributed by atoms with Gasteiger partial charge in [-0.3, -0.25) is 0 Å². The molecule has 0 amide bonds. The molecule has 4 N–H and O–H groups in total. The van der Waals surface area contributed by atoms with Crippen LogP contribution in [0.15, 0.2) is 24.3 Å². The largest absolute Gasteiger partial charge is 0.393 e. The molecule has 2 aliphatic carbocycles. The normalized spacial score (nSPS) is 28.5. The average molecular weight is 356 g/mol. The minimum Gasteiger partial charge on any atom is -0.393 e. The van der Waals surface area contributed by atoms with Gasteiger partial charge in [0.25, 0.3) is 0 Å². The molecule has 4 atom stereocenters. The van der Waals surface area contributed by atoms with Crippen molar-refractivity contribution in [2.24, 2.45) is 11.8 Å². The van der Waals surface area contributed by atoms with Crippen LogP contribution in [0.5, 0.6) is 0 Å². The molecule has 26 heavy (non-hydrogen) atoms. The molecule has 2 aromatic rings. The lowest BCUT2D eigenvalue weighted by molar-refractivity contribution is 0.138. The Hall–Kier alpha value is -1.92. The maximum atomic E-state index is 10.1. The molecule has 2 saturated carbocycles. The fourth-order valence-corrected chi connectivity index (χ4v) is 4.25. The number of benzene rings is 1. The number of hydrogen-bond donors (Lipinski definition) is 4. The molecule has 140 valence electrons. The van der Waals surface area contributed by atoms with Crippen LogP contribution in [-0.4, -0.2) is 45.5 Å². The molecule has 0 radical (unpaired) electrons. The summed E-state index contributed by atoms with van der Waals surface area (Å²) in [5.74, 6) is 1.96. The minimum atomic E-state index is -0.218. The molecule has 2 aliphatic rings. The summed E-state index contributed by atoms with van der Waals surface area (Å²) >= 11 is 0. The number of anilines is 2. The lowest BCUT2D eigenvalue weighted by Gasteiger charge is -2.18. The van der Waals surface area contributed by atoms with E-state index in [1.807, 2.05) is 24.3 Å². The summed E-state index contributed by atoms with van der Waals surface area (Å²) in [6.07, 6.45) is 5.64. The average Bonchev–Trinajstić information content (AvgIpc) is 3.25. The predicted molar refractivity (Wildman–Crippen MR) is 103 cm³/mol. The number of nitrogens with one attached hydrogen (secondary N) is 2. The topological polar surface area (TPSA) is 90.3 Å². The number of aromatic nitrogens is 2. The van der Waals surface area contributed by atoms with Crippen molar-refractivity contribution in [3.05, 3.63) is 24.3 Å². The first-order valence-electron chi connectivity index (χ1n) is 9.81. The fraction of sp³-hybridized carbons (Fsp3) is 0.600. The summed E-state index contributed by atoms with van der Waals surface area (Å²) in [6, 6.07) is 7.98. The van der Waals surface area contributed by atoms with Crippen LogP contribution in [0.3, 0.4) is 0 Å². The molecule has 2 fully saturated rings. The van der Waals surface area contributed by atoms with E-state index in [1.165, 1.54) is 0 Å². The van der Waals surface area contributed by atoms with Gasteiger partial charge in [0, 0.05) is 30.3 Å². The van der Waals surface area contributed by atoms with Crippen molar-refractivity contribution in [1.29, 1.82) is 0 Å². The third-order valence-corrected chi connectivity index (χ3v) is 5.90. The molecular weight excluding hydrogens is 328 g/mol. The van der Waals surface area contributed by atoms with Crippen molar-refractivity contribution < 1.29 is 10.2 Å². The maximum Gasteiger partial charge on any atom is 0.225 e. The number of aliphatic hydroxyl groups excluding tert-OH is 2. The van der Waals surface area contributed by atoms with Gasteiger partial charge in [0.2, 0.25) is 5.95 Å². The first-order valence-corrected chi connectivity index (χ1v) is 9.81. The zero-order valence-corrected chi connectivity index (χ0v) is 15.1. The number of fused-ring (bicyclic) bond motifs is 1. The molecule has 0 spiro atoms. The number of nitrogens with zero attached hydrogens (tertiary/aromatic N) is 2. The molecule has 6 heteroatoms. The summed E-state index contributed by atoms with van der Waals surface area (Å²) in [7, 11) is 0. The van der Waals surface area contributed by atoms with Crippen LogP contribution in [0.4, 0.5) is 11.8 Å². The predicted octanol–water partition coefficient (Wildman–Crippen LogP) is 2.78. The van der Waals surface area contributed by atoms with Crippen LogP contribution < -0.4 is 10.6 Å². The third kappa shape index (κ3) is 3.76. The van der Waals surface area contributed by atoms with Gasteiger partial charge < -0.3 is 20.8 Å². The molecule has 0 saturated heterocycles. The van der Waals surface area contributed by atoms with Gasteiger partial charge in [-0.05, 0) is 37.8 Å². The van der Waals surface area contributed by atoms with E-state index in [-0.39, 0.29) is 24.0 Å². The quantitative estimate of drug-likeness (QED) is 0.636. The van der Waals surface area contributed by atoms with Crippen molar-refractivity contribution in [2.75, 3.05) is 23.7 Å². The molecule has 0 aliphatic heterocycles. The standard InChI is InChI=1S/C20H28N4O2/c25-17-9-3-5-13(17)11-21-19-15-7-1-2-8-16(15)23-20(24-19)22-12-14-6-4-10-18(14)26/h1-2,7-8,13-14,17-18,25-26H,3-6,9-12H2,(H2,21,22,23,24). The van der Waals surface area contributed by atoms with Gasteiger partial charge in [-0.25, -0.2) is 4.98 Å². The number of hydrogen-bond acceptors (Lipinski definition) is 6. The second kappa shape index (κ2) is 7.76. The third-order valence-electron chi connectivity index (χ3n) is 5.90. The molecule has 4 unspecified atom stereocenters. The SMILES string of the molecule is OC1CCCC1CNc1nc(NCC2CCCC2O)c2ccccc2n1. The molecule has 0 bridgehead atoms. The Balaban J connectivity index is 1.50. The van der Waals surface area contributed by atoms with Crippen LogP contribution in [0.25, 0.3) is 10.9 Å². The fourth-order valence-electron chi connectivity index (χ4n) is 4.25. The van der Waals surface area contributed by atoms with E-state index in [9.17, 15) is 10.2 Å². The molecule has 6 nitrogen and oxygen atoms in total. The smallest absolute Gasteiger partial charge is 0.225 e. The van der Waals surface area contributed by atoms with Crippen molar-refractivity contribution in [1.82, 2.24) is 9.97 Å². The summed E-state index contributed by atoms with van der Waals surface area (Å²) in [4.78, 5) is 9.30. The number of rotatable bonds is 6. The van der Waals surface area contributed by atoms with E-state index in [4.69, 9.17) is 0 Å². The molecule has 1 aromatic carbocycles. The van der Waals surface area contributed by atoms with E-state index >= 15 is 0 Å². The molecule has 4 rings (SSSR count). The number of aliphatic hydroxyl groups is 2. The van der Waals surface area contributed by atoms with Crippen molar-refractivity contribution in [2.45, 2.75) is 50.7 Å². The Labute approximate surface area is 154 Å². The summed E-state index contributed by atoms with van der Waals surface area (Å²) in [6.45, 7) is 1.42. The highest BCUT2D eigenvalue weighted by Gasteiger charge is 2.26. The van der Waals surface area contributed by atoms with Gasteiger partial charge in [-0.15, -0.1) is 0 Å². The second-order valence-electron chi connectivity index (χ2n) is 7.69. The minimum absolute atomic E-state index is 0.211. The molecule has 1 heterocycles. The summed E-state index contributed by atoms with van der Waals surface area (Å²) in [5, 5.41) is 27.8. The lowest BCUT2D eigenvalue weighted by atomic mass is 10.1. The highest BCUT2D eigenvalue weighted by atomic mass is 16.3. The van der Waals surface area contributed by atoms with E-state index in [0.29, 0.717) is 12.5 Å². The van der Waals surface area contributed by atoms with E-state index in [1.54, 1.807) is 0 Å². The summed E-state index contributed by atoms with van der Waals surface area (Å²) < 4.78 is 0. The van der Waals surface area contributed by atoms with Crippen LogP contribution in [0.1, 0.15) is 38.5 Å². The van der Waals surface area contributed by atoms with E-state index < -0.39 is 0 Å². The van der Waals surface area contributed by atoms with Crippen molar-refractivity contribution >= 4 is 22.7 Å². The molecule has 1 aromatic heterocycles. The lowest BCUT2D eigenvalue weighted by Crippen LogP contribution is -2.24. The van der Waals surface area contributed by atoms with Crippen LogP contribution in [0, 0.1) is 11.8 Å². The van der Waals surface area contributed by atoms with Gasteiger partial charge in [0.05, 0.1) is 17.7 Å². The van der Waals surface area contributed by atoms with Gasteiger partial charge in [0.1, 0.15) is 5.82 Å². The highest BCUT2D eigenvalue weighted by molar-refractivity contribution is 5.90.